The van der Waals surface area contributed by atoms with Crippen molar-refractivity contribution in [2.75, 3.05) is 25.5 Å². The number of anilines is 1. The molecular formula is C12H17N3O5S. The molecule has 1 aromatic rings. The smallest absolute Gasteiger partial charge is 0.271 e. The number of nitro groups is 1. The lowest BCUT2D eigenvalue weighted by molar-refractivity contribution is -0.384. The van der Waals surface area contributed by atoms with Gasteiger partial charge < -0.3 is 10.4 Å². The van der Waals surface area contributed by atoms with Crippen LogP contribution in [-0.2, 0) is 10.0 Å². The SMILES string of the molecule is CNc1cc([N+](=O)[O-])ccc1S(=O)(=O)N1CCCC1CO. The van der Waals surface area contributed by atoms with Crippen molar-refractivity contribution < 1.29 is 18.4 Å². The molecule has 1 aliphatic heterocycles. The van der Waals surface area contributed by atoms with Gasteiger partial charge in [-0.1, -0.05) is 0 Å². The second-order valence-electron chi connectivity index (χ2n) is 4.78. The first-order valence-electron chi connectivity index (χ1n) is 6.50. The van der Waals surface area contributed by atoms with Gasteiger partial charge in [0.05, 0.1) is 17.2 Å². The molecule has 2 rings (SSSR count). The molecule has 1 heterocycles. The molecule has 0 aliphatic carbocycles. The van der Waals surface area contributed by atoms with Crippen molar-refractivity contribution in [2.24, 2.45) is 0 Å². The van der Waals surface area contributed by atoms with Crippen LogP contribution in [0.2, 0.25) is 0 Å². The molecule has 0 aromatic heterocycles. The van der Waals surface area contributed by atoms with Gasteiger partial charge in [0.15, 0.2) is 0 Å². The number of non-ortho nitro benzene ring substituents is 1. The fourth-order valence-electron chi connectivity index (χ4n) is 2.49. The first-order valence-corrected chi connectivity index (χ1v) is 7.94. The van der Waals surface area contributed by atoms with E-state index < -0.39 is 21.0 Å². The van der Waals surface area contributed by atoms with Gasteiger partial charge in [0, 0.05) is 31.8 Å². The van der Waals surface area contributed by atoms with E-state index in [1.54, 1.807) is 0 Å². The Morgan fingerprint density at radius 2 is 2.24 bits per heavy atom. The molecule has 0 radical (unpaired) electrons. The van der Waals surface area contributed by atoms with E-state index >= 15 is 0 Å². The summed E-state index contributed by atoms with van der Waals surface area (Å²) in [4.78, 5) is 10.2. The molecule has 1 aromatic carbocycles. The van der Waals surface area contributed by atoms with Gasteiger partial charge in [0.2, 0.25) is 10.0 Å². The van der Waals surface area contributed by atoms with Crippen LogP contribution in [0.3, 0.4) is 0 Å². The van der Waals surface area contributed by atoms with Gasteiger partial charge in [-0.25, -0.2) is 8.42 Å². The van der Waals surface area contributed by atoms with E-state index in [4.69, 9.17) is 0 Å². The quantitative estimate of drug-likeness (QED) is 0.613. The minimum atomic E-state index is -3.80. The van der Waals surface area contributed by atoms with E-state index in [0.29, 0.717) is 19.4 Å². The summed E-state index contributed by atoms with van der Waals surface area (Å²) in [5.41, 5.74) is -0.00813. The highest BCUT2D eigenvalue weighted by atomic mass is 32.2. The van der Waals surface area contributed by atoms with Crippen molar-refractivity contribution in [3.8, 4) is 0 Å². The number of nitrogens with zero attached hydrogens (tertiary/aromatic N) is 2. The number of rotatable bonds is 5. The normalized spacial score (nSPS) is 19.6. The Balaban J connectivity index is 2.47. The minimum Gasteiger partial charge on any atom is -0.395 e. The average molecular weight is 315 g/mol. The Hall–Kier alpha value is -1.71. The number of nitrogens with one attached hydrogen (secondary N) is 1. The highest BCUT2D eigenvalue weighted by Gasteiger charge is 2.36. The van der Waals surface area contributed by atoms with Gasteiger partial charge in [-0.15, -0.1) is 0 Å². The molecule has 0 bridgehead atoms. The first kappa shape index (κ1) is 15.7. The van der Waals surface area contributed by atoms with E-state index in [-0.39, 0.29) is 22.9 Å². The van der Waals surface area contributed by atoms with Crippen LogP contribution in [-0.4, -0.2) is 49.0 Å². The summed E-state index contributed by atoms with van der Waals surface area (Å²) in [5.74, 6) is 0. The first-order chi connectivity index (χ1) is 9.91. The minimum absolute atomic E-state index is 0.0176. The highest BCUT2D eigenvalue weighted by Crippen LogP contribution is 2.32. The van der Waals surface area contributed by atoms with E-state index in [2.05, 4.69) is 5.32 Å². The van der Waals surface area contributed by atoms with Gasteiger partial charge in [-0.05, 0) is 18.9 Å². The molecule has 1 unspecified atom stereocenters. The zero-order valence-corrected chi connectivity index (χ0v) is 12.3. The number of hydrogen-bond donors (Lipinski definition) is 2. The van der Waals surface area contributed by atoms with Gasteiger partial charge >= 0.3 is 0 Å². The van der Waals surface area contributed by atoms with Crippen LogP contribution >= 0.6 is 0 Å². The van der Waals surface area contributed by atoms with Crippen molar-refractivity contribution in [1.82, 2.24) is 4.31 Å². The van der Waals surface area contributed by atoms with Gasteiger partial charge in [-0.2, -0.15) is 4.31 Å². The molecule has 0 amide bonds. The van der Waals surface area contributed by atoms with E-state index in [9.17, 15) is 23.6 Å². The number of benzene rings is 1. The standard InChI is InChI=1S/C12H17N3O5S/c1-13-11-7-9(15(17)18)4-5-12(11)21(19,20)14-6-2-3-10(14)8-16/h4-5,7,10,13,16H,2-3,6,8H2,1H3. The maximum absolute atomic E-state index is 12.7. The molecule has 2 N–H and O–H groups in total. The monoisotopic (exact) mass is 315 g/mol. The largest absolute Gasteiger partial charge is 0.395 e. The summed E-state index contributed by atoms with van der Waals surface area (Å²) in [5, 5.41) is 22.7. The Morgan fingerprint density at radius 1 is 1.52 bits per heavy atom. The maximum Gasteiger partial charge on any atom is 0.271 e. The molecule has 1 fully saturated rings. The lowest BCUT2D eigenvalue weighted by Crippen LogP contribution is -2.37. The molecular weight excluding hydrogens is 298 g/mol. The van der Waals surface area contributed by atoms with E-state index in [1.807, 2.05) is 0 Å². The van der Waals surface area contributed by atoms with Gasteiger partial charge in [0.1, 0.15) is 4.90 Å². The third kappa shape index (κ3) is 2.85. The number of aliphatic hydroxyl groups is 1. The van der Waals surface area contributed by atoms with Crippen molar-refractivity contribution in [3.05, 3.63) is 28.3 Å². The van der Waals surface area contributed by atoms with Crippen LogP contribution in [0.5, 0.6) is 0 Å². The zero-order valence-electron chi connectivity index (χ0n) is 11.5. The molecule has 0 spiro atoms. The molecule has 21 heavy (non-hydrogen) atoms. The summed E-state index contributed by atoms with van der Waals surface area (Å²) in [6.07, 6.45) is 1.30. The second-order valence-corrected chi connectivity index (χ2v) is 6.64. The predicted octanol–water partition coefficient (Wildman–Crippen LogP) is 0.782. The second kappa shape index (κ2) is 5.96. The third-order valence-electron chi connectivity index (χ3n) is 3.56. The van der Waals surface area contributed by atoms with Crippen LogP contribution in [0.15, 0.2) is 23.1 Å². The third-order valence-corrected chi connectivity index (χ3v) is 5.57. The number of aliphatic hydroxyl groups excluding tert-OH is 1. The van der Waals surface area contributed by atoms with Crippen LogP contribution in [0, 0.1) is 10.1 Å². The fourth-order valence-corrected chi connectivity index (χ4v) is 4.35. The lowest BCUT2D eigenvalue weighted by atomic mass is 10.2. The molecule has 116 valence electrons. The summed E-state index contributed by atoms with van der Waals surface area (Å²) in [6.45, 7) is 0.106. The molecule has 1 atom stereocenters. The molecule has 1 aliphatic rings. The van der Waals surface area contributed by atoms with Crippen LogP contribution < -0.4 is 5.32 Å². The van der Waals surface area contributed by atoms with Gasteiger partial charge in [0.25, 0.3) is 5.69 Å². The molecule has 9 heteroatoms. The van der Waals surface area contributed by atoms with E-state index in [1.165, 1.54) is 23.5 Å². The average Bonchev–Trinajstić information content (AvgIpc) is 2.95. The molecule has 1 saturated heterocycles. The topological polar surface area (TPSA) is 113 Å². The number of sulfonamides is 1. The van der Waals surface area contributed by atoms with Crippen LogP contribution in [0.1, 0.15) is 12.8 Å². The summed E-state index contributed by atoms with van der Waals surface area (Å²) in [6, 6.07) is 3.15. The molecule has 0 saturated carbocycles. The Kier molecular flexibility index (Phi) is 4.45. The summed E-state index contributed by atoms with van der Waals surface area (Å²) >= 11 is 0. The Morgan fingerprint density at radius 3 is 2.81 bits per heavy atom. The van der Waals surface area contributed by atoms with Crippen molar-refractivity contribution >= 4 is 21.4 Å². The van der Waals surface area contributed by atoms with E-state index in [0.717, 1.165) is 6.07 Å². The summed E-state index contributed by atoms with van der Waals surface area (Å²) in [7, 11) is -2.29. The van der Waals surface area contributed by atoms with Crippen LogP contribution in [0.4, 0.5) is 11.4 Å². The van der Waals surface area contributed by atoms with Crippen molar-refractivity contribution in [1.29, 1.82) is 0 Å². The summed E-state index contributed by atoms with van der Waals surface area (Å²) < 4.78 is 26.6. The lowest BCUT2D eigenvalue weighted by Gasteiger charge is -2.23. The maximum atomic E-state index is 12.7. The van der Waals surface area contributed by atoms with Crippen molar-refractivity contribution in [2.45, 2.75) is 23.8 Å². The highest BCUT2D eigenvalue weighted by molar-refractivity contribution is 7.89. The van der Waals surface area contributed by atoms with Crippen LogP contribution in [0.25, 0.3) is 0 Å². The predicted molar refractivity (Wildman–Crippen MR) is 76.6 cm³/mol. The number of hydrogen-bond acceptors (Lipinski definition) is 6. The fraction of sp³-hybridized carbons (Fsp3) is 0.500. The van der Waals surface area contributed by atoms with Gasteiger partial charge in [-0.3, -0.25) is 10.1 Å². The molecule has 8 nitrogen and oxygen atoms in total. The Bertz CT molecular complexity index is 646. The number of nitro benzene ring substituents is 1. The Labute approximate surface area is 122 Å². The van der Waals surface area contributed by atoms with Crippen molar-refractivity contribution in [3.63, 3.8) is 0 Å². The zero-order chi connectivity index (χ0) is 15.6.